The number of fused-ring (bicyclic) bond motifs is 2. The largest absolute Gasteiger partial charge is 0.361 e. The Morgan fingerprint density at radius 2 is 1.19 bits per heavy atom. The van der Waals surface area contributed by atoms with Crippen molar-refractivity contribution in [1.29, 1.82) is 0 Å². The molecule has 0 saturated heterocycles. The minimum absolute atomic E-state index is 0.00105. The Morgan fingerprint density at radius 3 is 1.81 bits per heavy atom. The average molecular weight is 417 g/mol. The van der Waals surface area contributed by atoms with E-state index in [2.05, 4.69) is 38.8 Å². The van der Waals surface area contributed by atoms with E-state index in [0.717, 1.165) is 34.8 Å². The summed E-state index contributed by atoms with van der Waals surface area (Å²) in [5.41, 5.74) is 4.60. The molecule has 0 atom stereocenters. The quantitative estimate of drug-likeness (QED) is 0.296. The van der Waals surface area contributed by atoms with Crippen LogP contribution < -0.4 is 10.6 Å². The van der Waals surface area contributed by atoms with Crippen LogP contribution >= 0.6 is 0 Å². The third kappa shape index (κ3) is 5.34. The molecule has 2 aromatic carbocycles. The van der Waals surface area contributed by atoms with Gasteiger partial charge >= 0.3 is 0 Å². The van der Waals surface area contributed by atoms with Crippen molar-refractivity contribution in [3.05, 3.63) is 72.1 Å². The molecule has 4 N–H and O–H groups in total. The van der Waals surface area contributed by atoms with Crippen LogP contribution in [0.2, 0.25) is 0 Å². The fourth-order valence-electron chi connectivity index (χ4n) is 3.95. The van der Waals surface area contributed by atoms with Gasteiger partial charge in [-0.05, 0) is 42.5 Å². The monoisotopic (exact) mass is 416 g/mol. The number of nitrogens with one attached hydrogen (secondary N) is 4. The van der Waals surface area contributed by atoms with Crippen LogP contribution in [0.1, 0.15) is 30.4 Å². The van der Waals surface area contributed by atoms with Crippen LogP contribution in [0.25, 0.3) is 21.8 Å². The number of carbonyl (C=O) groups is 2. The topological polar surface area (TPSA) is 89.8 Å². The van der Waals surface area contributed by atoms with Crippen LogP contribution in [0.15, 0.2) is 60.9 Å². The highest BCUT2D eigenvalue weighted by Crippen LogP contribution is 2.20. The van der Waals surface area contributed by atoms with E-state index in [1.54, 1.807) is 0 Å². The van der Waals surface area contributed by atoms with Gasteiger partial charge < -0.3 is 20.6 Å². The number of hydrogen-bond acceptors (Lipinski definition) is 2. The molecule has 0 aliphatic heterocycles. The Kier molecular flexibility index (Phi) is 6.67. The number of rotatable bonds is 10. The van der Waals surface area contributed by atoms with Gasteiger partial charge in [0.25, 0.3) is 0 Å². The Hall–Kier alpha value is -3.54. The molecule has 0 aliphatic carbocycles. The van der Waals surface area contributed by atoms with Crippen molar-refractivity contribution < 1.29 is 9.59 Å². The van der Waals surface area contributed by atoms with Crippen LogP contribution in [0.3, 0.4) is 0 Å². The van der Waals surface area contributed by atoms with Gasteiger partial charge in [-0.15, -0.1) is 0 Å². The molecular formula is C25H28N4O2. The zero-order valence-electron chi connectivity index (χ0n) is 17.5. The summed E-state index contributed by atoms with van der Waals surface area (Å²) in [6, 6.07) is 16.3. The zero-order valence-corrected chi connectivity index (χ0v) is 17.5. The molecule has 31 heavy (non-hydrogen) atoms. The summed E-state index contributed by atoms with van der Waals surface area (Å²) in [6.45, 7) is 0.894. The van der Waals surface area contributed by atoms with E-state index in [1.165, 1.54) is 10.9 Å². The van der Waals surface area contributed by atoms with Gasteiger partial charge in [0.05, 0.1) is 0 Å². The van der Waals surface area contributed by atoms with E-state index in [1.807, 2.05) is 42.7 Å². The van der Waals surface area contributed by atoms with E-state index >= 15 is 0 Å². The molecule has 2 heterocycles. The summed E-state index contributed by atoms with van der Waals surface area (Å²) in [6.07, 6.45) is 7.25. The number of aromatic amines is 2. The fourth-order valence-corrected chi connectivity index (χ4v) is 3.95. The number of carbonyl (C=O) groups excluding carboxylic acids is 2. The summed E-state index contributed by atoms with van der Waals surface area (Å²) in [5.74, 6) is 0.0201. The SMILES string of the molecule is O=C(CCCc1c[nH]c2ccccc12)NCCNC(=O)CCc1c[nH]c2ccccc12. The van der Waals surface area contributed by atoms with Crippen LogP contribution in [-0.4, -0.2) is 34.9 Å². The number of benzene rings is 2. The minimum Gasteiger partial charge on any atom is -0.361 e. The molecule has 2 amide bonds. The first-order valence-electron chi connectivity index (χ1n) is 10.8. The second-order valence-corrected chi connectivity index (χ2v) is 7.77. The molecule has 6 heteroatoms. The highest BCUT2D eigenvalue weighted by molar-refractivity contribution is 5.84. The normalized spacial score (nSPS) is 11.1. The Morgan fingerprint density at radius 1 is 0.677 bits per heavy atom. The first kappa shape index (κ1) is 20.7. The summed E-state index contributed by atoms with van der Waals surface area (Å²) in [7, 11) is 0. The lowest BCUT2D eigenvalue weighted by molar-refractivity contribution is -0.122. The van der Waals surface area contributed by atoms with Gasteiger partial charge in [0.15, 0.2) is 0 Å². The van der Waals surface area contributed by atoms with Crippen molar-refractivity contribution >= 4 is 33.6 Å². The highest BCUT2D eigenvalue weighted by Gasteiger charge is 2.08. The number of hydrogen-bond donors (Lipinski definition) is 4. The minimum atomic E-state index is -0.00105. The van der Waals surface area contributed by atoms with Crippen LogP contribution in [0, 0.1) is 0 Å². The maximum atomic E-state index is 12.1. The first-order valence-corrected chi connectivity index (χ1v) is 10.8. The van der Waals surface area contributed by atoms with Crippen LogP contribution in [-0.2, 0) is 22.4 Å². The Labute approximate surface area is 181 Å². The van der Waals surface area contributed by atoms with E-state index in [9.17, 15) is 9.59 Å². The van der Waals surface area contributed by atoms with Gasteiger partial charge in [0.1, 0.15) is 0 Å². The summed E-state index contributed by atoms with van der Waals surface area (Å²) in [5, 5.41) is 8.14. The predicted octanol–water partition coefficient (Wildman–Crippen LogP) is 3.84. The lowest BCUT2D eigenvalue weighted by atomic mass is 10.1. The predicted molar refractivity (Wildman–Crippen MR) is 124 cm³/mol. The highest BCUT2D eigenvalue weighted by atomic mass is 16.2. The lowest BCUT2D eigenvalue weighted by Crippen LogP contribution is -2.34. The van der Waals surface area contributed by atoms with Crippen molar-refractivity contribution in [1.82, 2.24) is 20.6 Å². The molecule has 6 nitrogen and oxygen atoms in total. The summed E-state index contributed by atoms with van der Waals surface area (Å²) >= 11 is 0. The van der Waals surface area contributed by atoms with Crippen LogP contribution in [0.4, 0.5) is 0 Å². The van der Waals surface area contributed by atoms with E-state index in [-0.39, 0.29) is 11.8 Å². The van der Waals surface area contributed by atoms with Crippen molar-refractivity contribution in [2.24, 2.45) is 0 Å². The zero-order chi connectivity index (χ0) is 21.5. The third-order valence-corrected chi connectivity index (χ3v) is 5.59. The van der Waals surface area contributed by atoms with Crippen LogP contribution in [0.5, 0.6) is 0 Å². The van der Waals surface area contributed by atoms with Gasteiger partial charge in [-0.2, -0.15) is 0 Å². The molecule has 0 spiro atoms. The van der Waals surface area contributed by atoms with Gasteiger partial charge in [0.2, 0.25) is 11.8 Å². The van der Waals surface area contributed by atoms with Crippen molar-refractivity contribution in [2.45, 2.75) is 32.1 Å². The molecule has 2 aromatic heterocycles. The van der Waals surface area contributed by atoms with Crippen molar-refractivity contribution in [3.8, 4) is 0 Å². The molecule has 4 aromatic rings. The maximum absolute atomic E-state index is 12.1. The molecule has 0 radical (unpaired) electrons. The number of aryl methyl sites for hydroxylation is 2. The van der Waals surface area contributed by atoms with Gasteiger partial charge in [0, 0.05) is 60.1 Å². The van der Waals surface area contributed by atoms with E-state index < -0.39 is 0 Å². The molecule has 160 valence electrons. The molecule has 0 bridgehead atoms. The Bertz CT molecular complexity index is 1170. The molecule has 4 rings (SSSR count). The van der Waals surface area contributed by atoms with Crippen molar-refractivity contribution in [3.63, 3.8) is 0 Å². The van der Waals surface area contributed by atoms with Gasteiger partial charge in [-0.25, -0.2) is 0 Å². The molecule has 0 aliphatic rings. The average Bonchev–Trinajstić information content (AvgIpc) is 3.40. The summed E-state index contributed by atoms with van der Waals surface area (Å²) in [4.78, 5) is 30.6. The fraction of sp³-hybridized carbons (Fsp3) is 0.280. The summed E-state index contributed by atoms with van der Waals surface area (Å²) < 4.78 is 0. The van der Waals surface area contributed by atoms with Gasteiger partial charge in [-0.1, -0.05) is 36.4 Å². The van der Waals surface area contributed by atoms with Gasteiger partial charge in [-0.3, -0.25) is 9.59 Å². The number of amides is 2. The smallest absolute Gasteiger partial charge is 0.220 e. The molecule has 0 unspecified atom stereocenters. The second kappa shape index (κ2) is 9.98. The standard InChI is InChI=1S/C25H28N4O2/c30-24(11-5-6-18-16-28-22-9-3-1-7-20(18)22)26-14-15-27-25(31)13-12-19-17-29-23-10-4-2-8-21(19)23/h1-4,7-10,16-17,28-29H,5-6,11-15H2,(H,26,30)(H,27,31). The third-order valence-electron chi connectivity index (χ3n) is 5.59. The van der Waals surface area contributed by atoms with E-state index in [4.69, 9.17) is 0 Å². The molecule has 0 saturated carbocycles. The van der Waals surface area contributed by atoms with Crippen molar-refractivity contribution in [2.75, 3.05) is 13.1 Å². The first-order chi connectivity index (χ1) is 15.2. The number of aromatic nitrogens is 2. The number of H-pyrrole nitrogens is 2. The Balaban J connectivity index is 1.10. The maximum Gasteiger partial charge on any atom is 0.220 e. The van der Waals surface area contributed by atoms with E-state index in [0.29, 0.717) is 32.4 Å². The number of para-hydroxylation sites is 2. The second-order valence-electron chi connectivity index (χ2n) is 7.77. The lowest BCUT2D eigenvalue weighted by Gasteiger charge is -2.07. The molecular weight excluding hydrogens is 388 g/mol. The molecule has 0 fully saturated rings.